The molecule has 1 aliphatic rings. The van der Waals surface area contributed by atoms with Crippen LogP contribution in [0, 0.1) is 5.41 Å². The van der Waals surface area contributed by atoms with Gasteiger partial charge >= 0.3 is 6.18 Å². The van der Waals surface area contributed by atoms with Crippen molar-refractivity contribution in [1.29, 1.82) is 5.41 Å². The first-order valence-corrected chi connectivity index (χ1v) is 7.81. The predicted molar refractivity (Wildman–Crippen MR) is 83.1 cm³/mol. The standard InChI is InChI=1S/C16H16F3N5O/c17-16(18,19)14-11-5-1-2-6-12(11)24(23-14)9-13(25)22-15(20)10-4-3-7-21-8-10/h3-4,7-8H,1-2,5-6,9H2,(H2,20,22,25). The minimum absolute atomic E-state index is 0.157. The number of halogens is 3. The Morgan fingerprint density at radius 3 is 2.76 bits per heavy atom. The first-order valence-electron chi connectivity index (χ1n) is 7.81. The molecule has 3 rings (SSSR count). The highest BCUT2D eigenvalue weighted by atomic mass is 19.4. The Morgan fingerprint density at radius 2 is 2.08 bits per heavy atom. The molecule has 1 aliphatic carbocycles. The lowest BCUT2D eigenvalue weighted by Gasteiger charge is -2.14. The zero-order valence-electron chi connectivity index (χ0n) is 13.2. The minimum atomic E-state index is -4.54. The molecule has 0 bridgehead atoms. The number of hydrogen-bond donors (Lipinski definition) is 2. The van der Waals surface area contributed by atoms with E-state index in [4.69, 9.17) is 5.41 Å². The molecule has 0 radical (unpaired) electrons. The second-order valence-electron chi connectivity index (χ2n) is 5.80. The van der Waals surface area contributed by atoms with Crippen LogP contribution < -0.4 is 5.32 Å². The number of amides is 1. The summed E-state index contributed by atoms with van der Waals surface area (Å²) in [6.07, 6.45) is 0.644. The number of nitrogens with one attached hydrogen (secondary N) is 2. The van der Waals surface area contributed by atoms with Crippen molar-refractivity contribution in [3.05, 3.63) is 47.0 Å². The molecule has 132 valence electrons. The summed E-state index contributed by atoms with van der Waals surface area (Å²) >= 11 is 0. The van der Waals surface area contributed by atoms with Crippen molar-refractivity contribution in [1.82, 2.24) is 20.1 Å². The second kappa shape index (κ2) is 6.66. The lowest BCUT2D eigenvalue weighted by molar-refractivity contribution is -0.142. The number of pyridine rings is 1. The molecular formula is C16H16F3N5O. The zero-order chi connectivity index (χ0) is 18.0. The third-order valence-electron chi connectivity index (χ3n) is 4.03. The van der Waals surface area contributed by atoms with Crippen LogP contribution in [0.2, 0.25) is 0 Å². The van der Waals surface area contributed by atoms with Crippen LogP contribution in [0.25, 0.3) is 0 Å². The van der Waals surface area contributed by atoms with Crippen LogP contribution in [0.3, 0.4) is 0 Å². The van der Waals surface area contributed by atoms with Crippen LogP contribution in [-0.2, 0) is 30.4 Å². The first kappa shape index (κ1) is 17.1. The molecule has 9 heteroatoms. The molecule has 2 aromatic heterocycles. The Balaban J connectivity index is 1.77. The van der Waals surface area contributed by atoms with E-state index in [1.54, 1.807) is 12.1 Å². The van der Waals surface area contributed by atoms with Crippen LogP contribution in [0.4, 0.5) is 13.2 Å². The normalized spacial score (nSPS) is 14.0. The van der Waals surface area contributed by atoms with E-state index in [9.17, 15) is 18.0 Å². The number of carbonyl (C=O) groups excluding carboxylic acids is 1. The van der Waals surface area contributed by atoms with Gasteiger partial charge in [-0.15, -0.1) is 0 Å². The lowest BCUT2D eigenvalue weighted by Crippen LogP contribution is -2.34. The molecule has 0 atom stereocenters. The van der Waals surface area contributed by atoms with E-state index in [-0.39, 0.29) is 17.9 Å². The lowest BCUT2D eigenvalue weighted by atomic mass is 9.95. The SMILES string of the molecule is N=C(NC(=O)Cn1nc(C(F)(F)F)c2c1CCCC2)c1cccnc1. The van der Waals surface area contributed by atoms with Gasteiger partial charge in [-0.3, -0.25) is 19.9 Å². The van der Waals surface area contributed by atoms with Gasteiger partial charge in [0, 0.05) is 29.2 Å². The molecule has 0 aromatic carbocycles. The minimum Gasteiger partial charge on any atom is -0.309 e. The van der Waals surface area contributed by atoms with Crippen molar-refractivity contribution < 1.29 is 18.0 Å². The maximum Gasteiger partial charge on any atom is 0.435 e. The molecule has 0 saturated heterocycles. The molecule has 25 heavy (non-hydrogen) atoms. The number of amidine groups is 1. The average Bonchev–Trinajstić information content (AvgIpc) is 2.94. The van der Waals surface area contributed by atoms with E-state index in [0.717, 1.165) is 11.1 Å². The molecule has 0 spiro atoms. The van der Waals surface area contributed by atoms with Crippen LogP contribution >= 0.6 is 0 Å². The summed E-state index contributed by atoms with van der Waals surface area (Å²) in [5.74, 6) is -0.756. The fraction of sp³-hybridized carbons (Fsp3) is 0.375. The monoisotopic (exact) mass is 351 g/mol. The van der Waals surface area contributed by atoms with Crippen LogP contribution in [0.1, 0.15) is 35.4 Å². The fourth-order valence-corrected chi connectivity index (χ4v) is 2.93. The van der Waals surface area contributed by atoms with E-state index >= 15 is 0 Å². The number of rotatable bonds is 3. The van der Waals surface area contributed by atoms with E-state index in [1.165, 1.54) is 12.4 Å². The van der Waals surface area contributed by atoms with Crippen LogP contribution in [0.5, 0.6) is 0 Å². The molecular weight excluding hydrogens is 335 g/mol. The average molecular weight is 351 g/mol. The Bertz CT molecular complexity index is 798. The quantitative estimate of drug-likeness (QED) is 0.657. The number of nitrogens with zero attached hydrogens (tertiary/aromatic N) is 3. The molecule has 2 N–H and O–H groups in total. The van der Waals surface area contributed by atoms with Crippen molar-refractivity contribution in [2.45, 2.75) is 38.4 Å². The molecule has 0 aliphatic heterocycles. The van der Waals surface area contributed by atoms with Crippen molar-refractivity contribution in [2.24, 2.45) is 0 Å². The van der Waals surface area contributed by atoms with Gasteiger partial charge < -0.3 is 5.32 Å². The highest BCUT2D eigenvalue weighted by Gasteiger charge is 2.39. The summed E-state index contributed by atoms with van der Waals surface area (Å²) in [5, 5.41) is 13.8. The number of hydrogen-bond acceptors (Lipinski definition) is 4. The van der Waals surface area contributed by atoms with Crippen molar-refractivity contribution in [2.75, 3.05) is 0 Å². The molecule has 0 unspecified atom stereocenters. The first-order chi connectivity index (χ1) is 11.9. The van der Waals surface area contributed by atoms with Gasteiger partial charge in [0.05, 0.1) is 0 Å². The molecule has 2 aromatic rings. The van der Waals surface area contributed by atoms with Crippen molar-refractivity contribution in [3.63, 3.8) is 0 Å². The molecule has 0 saturated carbocycles. The highest BCUT2D eigenvalue weighted by Crippen LogP contribution is 2.35. The third kappa shape index (κ3) is 3.70. The highest BCUT2D eigenvalue weighted by molar-refractivity contribution is 6.05. The summed E-state index contributed by atoms with van der Waals surface area (Å²) in [6, 6.07) is 3.22. The molecule has 2 heterocycles. The largest absolute Gasteiger partial charge is 0.435 e. The van der Waals surface area contributed by atoms with Crippen LogP contribution in [-0.4, -0.2) is 26.5 Å². The summed E-state index contributed by atoms with van der Waals surface area (Å²) in [5.41, 5.74) is 0.155. The van der Waals surface area contributed by atoms with E-state index in [0.29, 0.717) is 30.5 Å². The Kier molecular flexibility index (Phi) is 4.56. The number of aromatic nitrogens is 3. The Labute approximate surface area is 141 Å². The maximum atomic E-state index is 13.1. The topological polar surface area (TPSA) is 83.7 Å². The van der Waals surface area contributed by atoms with Gasteiger partial charge in [0.25, 0.3) is 0 Å². The van der Waals surface area contributed by atoms with Gasteiger partial charge in [-0.25, -0.2) is 0 Å². The Hall–Kier alpha value is -2.71. The molecule has 6 nitrogen and oxygen atoms in total. The number of alkyl halides is 3. The van der Waals surface area contributed by atoms with Gasteiger partial charge in [0.15, 0.2) is 5.69 Å². The summed E-state index contributed by atoms with van der Waals surface area (Å²) in [4.78, 5) is 16.0. The summed E-state index contributed by atoms with van der Waals surface area (Å²) < 4.78 is 40.5. The maximum absolute atomic E-state index is 13.1. The van der Waals surface area contributed by atoms with E-state index in [2.05, 4.69) is 15.4 Å². The zero-order valence-corrected chi connectivity index (χ0v) is 13.2. The second-order valence-corrected chi connectivity index (χ2v) is 5.80. The van der Waals surface area contributed by atoms with Gasteiger partial charge in [0.1, 0.15) is 12.4 Å². The fourth-order valence-electron chi connectivity index (χ4n) is 2.93. The van der Waals surface area contributed by atoms with Crippen molar-refractivity contribution in [3.8, 4) is 0 Å². The van der Waals surface area contributed by atoms with E-state index in [1.807, 2.05) is 0 Å². The number of fused-ring (bicyclic) bond motifs is 1. The molecule has 1 amide bonds. The van der Waals surface area contributed by atoms with Crippen LogP contribution in [0.15, 0.2) is 24.5 Å². The number of carbonyl (C=O) groups is 1. The van der Waals surface area contributed by atoms with Gasteiger partial charge in [-0.1, -0.05) is 0 Å². The smallest absolute Gasteiger partial charge is 0.309 e. The van der Waals surface area contributed by atoms with Gasteiger partial charge in [0.2, 0.25) is 5.91 Å². The summed E-state index contributed by atoms with van der Waals surface area (Å²) in [6.45, 7) is -0.360. The summed E-state index contributed by atoms with van der Waals surface area (Å²) in [7, 11) is 0. The van der Waals surface area contributed by atoms with Gasteiger partial charge in [-0.2, -0.15) is 18.3 Å². The van der Waals surface area contributed by atoms with Gasteiger partial charge in [-0.05, 0) is 37.8 Å². The van der Waals surface area contributed by atoms with E-state index < -0.39 is 17.8 Å². The Morgan fingerprint density at radius 1 is 1.32 bits per heavy atom. The van der Waals surface area contributed by atoms with Crippen molar-refractivity contribution >= 4 is 11.7 Å². The third-order valence-corrected chi connectivity index (χ3v) is 4.03. The predicted octanol–water partition coefficient (Wildman–Crippen LogP) is 2.32. The molecule has 0 fully saturated rings.